The van der Waals surface area contributed by atoms with Gasteiger partial charge in [-0.25, -0.2) is 0 Å². The van der Waals surface area contributed by atoms with E-state index in [2.05, 4.69) is 36.0 Å². The van der Waals surface area contributed by atoms with E-state index in [1.165, 1.54) is 5.56 Å². The van der Waals surface area contributed by atoms with Crippen LogP contribution in [0, 0.1) is 0 Å². The van der Waals surface area contributed by atoms with Crippen LogP contribution in [0.25, 0.3) is 11.0 Å². The smallest absolute Gasteiger partial charge is 0.175 e. The average Bonchev–Trinajstić information content (AvgIpc) is 2.98. The highest BCUT2D eigenvalue weighted by Gasteiger charge is 2.17. The second-order valence-electron chi connectivity index (χ2n) is 5.69. The van der Waals surface area contributed by atoms with Crippen LogP contribution in [0.1, 0.15) is 30.7 Å². The van der Waals surface area contributed by atoms with Crippen LogP contribution in [-0.4, -0.2) is 28.3 Å². The second kappa shape index (κ2) is 6.84. The molecule has 0 spiro atoms. The summed E-state index contributed by atoms with van der Waals surface area (Å²) in [6.45, 7) is 6.74. The SMILES string of the molecule is CCN(CC)Cc1c(O)ccc2c(Cc3ccccc3)noc12. The highest BCUT2D eigenvalue weighted by molar-refractivity contribution is 5.84. The molecular formula is C19H22N2O2. The van der Waals surface area contributed by atoms with Crippen molar-refractivity contribution in [2.45, 2.75) is 26.8 Å². The molecule has 1 N–H and O–H groups in total. The lowest BCUT2D eigenvalue weighted by Crippen LogP contribution is -2.22. The maximum absolute atomic E-state index is 10.2. The van der Waals surface area contributed by atoms with Crippen molar-refractivity contribution in [3.05, 3.63) is 59.3 Å². The standard InChI is InChI=1S/C19H22N2O2/c1-3-21(4-2)13-16-18(22)11-10-15-17(20-23-19(15)16)12-14-8-6-5-7-9-14/h5-11,22H,3-4,12-13H2,1-2H3. The monoisotopic (exact) mass is 310 g/mol. The van der Waals surface area contributed by atoms with E-state index in [0.29, 0.717) is 12.1 Å². The predicted octanol–water partition coefficient (Wildman–Crippen LogP) is 3.97. The van der Waals surface area contributed by atoms with Crippen LogP contribution in [0.2, 0.25) is 0 Å². The Morgan fingerprint density at radius 2 is 1.78 bits per heavy atom. The topological polar surface area (TPSA) is 49.5 Å². The molecule has 0 saturated heterocycles. The van der Waals surface area contributed by atoms with Crippen LogP contribution in [0.4, 0.5) is 0 Å². The predicted molar refractivity (Wildman–Crippen MR) is 91.5 cm³/mol. The third-order valence-corrected chi connectivity index (χ3v) is 4.28. The number of nitrogens with zero attached hydrogens (tertiary/aromatic N) is 2. The van der Waals surface area contributed by atoms with Crippen molar-refractivity contribution in [1.29, 1.82) is 0 Å². The van der Waals surface area contributed by atoms with Crippen molar-refractivity contribution < 1.29 is 9.63 Å². The van der Waals surface area contributed by atoms with E-state index in [1.807, 2.05) is 24.3 Å². The molecule has 0 bridgehead atoms. The largest absolute Gasteiger partial charge is 0.507 e. The van der Waals surface area contributed by atoms with Crippen LogP contribution in [0.5, 0.6) is 5.75 Å². The number of phenols is 1. The average molecular weight is 310 g/mol. The highest BCUT2D eigenvalue weighted by Crippen LogP contribution is 2.31. The molecule has 0 atom stereocenters. The van der Waals surface area contributed by atoms with E-state index in [1.54, 1.807) is 6.07 Å². The second-order valence-corrected chi connectivity index (χ2v) is 5.69. The normalized spacial score (nSPS) is 11.4. The summed E-state index contributed by atoms with van der Waals surface area (Å²) in [5.41, 5.74) is 3.62. The van der Waals surface area contributed by atoms with Crippen LogP contribution >= 0.6 is 0 Å². The van der Waals surface area contributed by atoms with Crippen molar-refractivity contribution >= 4 is 11.0 Å². The summed E-state index contributed by atoms with van der Waals surface area (Å²) in [6.07, 6.45) is 0.726. The molecule has 120 valence electrons. The van der Waals surface area contributed by atoms with Crippen molar-refractivity contribution in [3.8, 4) is 5.75 Å². The number of hydrogen-bond donors (Lipinski definition) is 1. The third kappa shape index (κ3) is 3.22. The summed E-state index contributed by atoms with van der Waals surface area (Å²) in [7, 11) is 0. The fraction of sp³-hybridized carbons (Fsp3) is 0.316. The van der Waals surface area contributed by atoms with E-state index in [0.717, 1.165) is 36.2 Å². The number of phenolic OH excluding ortho intramolecular Hbond substituents is 1. The van der Waals surface area contributed by atoms with Crippen molar-refractivity contribution in [3.63, 3.8) is 0 Å². The molecule has 2 aromatic carbocycles. The molecule has 0 radical (unpaired) electrons. The van der Waals surface area contributed by atoms with Gasteiger partial charge in [-0.2, -0.15) is 0 Å². The number of rotatable bonds is 6. The lowest BCUT2D eigenvalue weighted by Gasteiger charge is -2.18. The van der Waals surface area contributed by atoms with Crippen molar-refractivity contribution in [2.75, 3.05) is 13.1 Å². The summed E-state index contributed by atoms with van der Waals surface area (Å²) >= 11 is 0. The number of hydrogen-bond acceptors (Lipinski definition) is 4. The first-order chi connectivity index (χ1) is 11.2. The van der Waals surface area contributed by atoms with E-state index >= 15 is 0 Å². The number of fused-ring (bicyclic) bond motifs is 1. The lowest BCUT2D eigenvalue weighted by atomic mass is 10.0. The van der Waals surface area contributed by atoms with Crippen molar-refractivity contribution in [1.82, 2.24) is 10.1 Å². The molecule has 0 aliphatic heterocycles. The minimum atomic E-state index is 0.270. The summed E-state index contributed by atoms with van der Waals surface area (Å²) in [6, 6.07) is 13.8. The minimum Gasteiger partial charge on any atom is -0.507 e. The first-order valence-electron chi connectivity index (χ1n) is 8.08. The molecule has 23 heavy (non-hydrogen) atoms. The van der Waals surface area contributed by atoms with Crippen LogP contribution < -0.4 is 0 Å². The van der Waals surface area contributed by atoms with E-state index in [9.17, 15) is 5.11 Å². The Labute approximate surface area is 136 Å². The zero-order valence-corrected chi connectivity index (χ0v) is 13.6. The molecule has 3 aromatic rings. The summed E-state index contributed by atoms with van der Waals surface area (Å²) < 4.78 is 5.59. The molecule has 4 nitrogen and oxygen atoms in total. The van der Waals surface area contributed by atoms with Gasteiger partial charge in [-0.3, -0.25) is 4.90 Å². The zero-order chi connectivity index (χ0) is 16.2. The molecule has 0 unspecified atom stereocenters. The van der Waals surface area contributed by atoms with Crippen LogP contribution in [-0.2, 0) is 13.0 Å². The van der Waals surface area contributed by atoms with Gasteiger partial charge in [-0.1, -0.05) is 49.3 Å². The van der Waals surface area contributed by atoms with Gasteiger partial charge < -0.3 is 9.63 Å². The van der Waals surface area contributed by atoms with Gasteiger partial charge in [0.25, 0.3) is 0 Å². The fourth-order valence-electron chi connectivity index (χ4n) is 2.84. The van der Waals surface area contributed by atoms with Gasteiger partial charge in [-0.15, -0.1) is 0 Å². The Hall–Kier alpha value is -2.33. The number of aromatic nitrogens is 1. The van der Waals surface area contributed by atoms with Gasteiger partial charge in [-0.05, 0) is 30.8 Å². The molecule has 0 saturated carbocycles. The third-order valence-electron chi connectivity index (χ3n) is 4.28. The molecule has 3 rings (SSSR count). The van der Waals surface area contributed by atoms with Gasteiger partial charge in [0.2, 0.25) is 0 Å². The summed E-state index contributed by atoms with van der Waals surface area (Å²) in [5.74, 6) is 0.270. The molecule has 4 heteroatoms. The molecule has 0 aliphatic carbocycles. The summed E-state index contributed by atoms with van der Waals surface area (Å²) in [4.78, 5) is 2.24. The number of aromatic hydroxyl groups is 1. The minimum absolute atomic E-state index is 0.270. The van der Waals surface area contributed by atoms with Gasteiger partial charge in [0, 0.05) is 18.4 Å². The maximum atomic E-state index is 10.2. The Morgan fingerprint density at radius 3 is 2.48 bits per heavy atom. The van der Waals surface area contributed by atoms with Gasteiger partial charge in [0.1, 0.15) is 5.75 Å². The van der Waals surface area contributed by atoms with E-state index in [-0.39, 0.29) is 5.75 Å². The Balaban J connectivity index is 1.98. The fourth-order valence-corrected chi connectivity index (χ4v) is 2.84. The van der Waals surface area contributed by atoms with E-state index in [4.69, 9.17) is 4.52 Å². The quantitative estimate of drug-likeness (QED) is 0.748. The van der Waals surface area contributed by atoms with Gasteiger partial charge in [0.05, 0.1) is 11.3 Å². The van der Waals surface area contributed by atoms with E-state index < -0.39 is 0 Å². The van der Waals surface area contributed by atoms with Gasteiger partial charge >= 0.3 is 0 Å². The number of benzene rings is 2. The summed E-state index contributed by atoms with van der Waals surface area (Å²) in [5, 5.41) is 15.5. The Morgan fingerprint density at radius 1 is 1.04 bits per heavy atom. The Kier molecular flexibility index (Phi) is 4.63. The maximum Gasteiger partial charge on any atom is 0.175 e. The first-order valence-corrected chi connectivity index (χ1v) is 8.08. The molecular weight excluding hydrogens is 288 g/mol. The van der Waals surface area contributed by atoms with Crippen molar-refractivity contribution in [2.24, 2.45) is 0 Å². The molecule has 0 amide bonds. The zero-order valence-electron chi connectivity index (χ0n) is 13.6. The molecule has 0 aliphatic rings. The van der Waals surface area contributed by atoms with Gasteiger partial charge in [0.15, 0.2) is 5.58 Å². The Bertz CT molecular complexity index is 777. The van der Waals surface area contributed by atoms with Crippen LogP contribution in [0.3, 0.4) is 0 Å². The van der Waals surface area contributed by atoms with Crippen LogP contribution in [0.15, 0.2) is 47.0 Å². The molecule has 1 heterocycles. The molecule has 1 aromatic heterocycles. The highest BCUT2D eigenvalue weighted by atomic mass is 16.5. The molecule has 0 fully saturated rings. The lowest BCUT2D eigenvalue weighted by molar-refractivity contribution is 0.289. The first kappa shape index (κ1) is 15.6.